The molecule has 0 spiro atoms. The molecule has 0 saturated carbocycles. The maximum absolute atomic E-state index is 6.11. The Labute approximate surface area is 133 Å². The lowest BCUT2D eigenvalue weighted by Gasteiger charge is -2.09. The smallest absolute Gasteiger partial charge is 0.225 e. The van der Waals surface area contributed by atoms with Gasteiger partial charge in [0, 0.05) is 17.2 Å². The SMILES string of the molecule is CNc1nc(Nc2ccc(Br)c(Cl)c2)c2ccsc2n1. The highest BCUT2D eigenvalue weighted by Gasteiger charge is 2.09. The van der Waals surface area contributed by atoms with Gasteiger partial charge in [-0.25, -0.2) is 4.98 Å². The second-order valence-electron chi connectivity index (χ2n) is 4.04. The van der Waals surface area contributed by atoms with Crippen LogP contribution in [0.4, 0.5) is 17.5 Å². The van der Waals surface area contributed by atoms with Gasteiger partial charge < -0.3 is 10.6 Å². The minimum atomic E-state index is 0.589. The van der Waals surface area contributed by atoms with Gasteiger partial charge in [0.1, 0.15) is 10.6 Å². The first-order valence-corrected chi connectivity index (χ1v) is 7.87. The minimum Gasteiger partial charge on any atom is -0.357 e. The molecule has 0 radical (unpaired) electrons. The van der Waals surface area contributed by atoms with Crippen molar-refractivity contribution in [1.82, 2.24) is 9.97 Å². The van der Waals surface area contributed by atoms with Gasteiger partial charge in [-0.2, -0.15) is 4.98 Å². The lowest BCUT2D eigenvalue weighted by Crippen LogP contribution is -2.00. The van der Waals surface area contributed by atoms with Crippen LogP contribution in [0.2, 0.25) is 5.02 Å². The minimum absolute atomic E-state index is 0.589. The van der Waals surface area contributed by atoms with Crippen molar-refractivity contribution in [2.24, 2.45) is 0 Å². The topological polar surface area (TPSA) is 49.8 Å². The predicted octanol–water partition coefficient (Wildman–Crippen LogP) is 4.89. The van der Waals surface area contributed by atoms with Crippen LogP contribution in [0.15, 0.2) is 34.1 Å². The van der Waals surface area contributed by atoms with Crippen molar-refractivity contribution in [3.63, 3.8) is 0 Å². The maximum Gasteiger partial charge on any atom is 0.225 e. The monoisotopic (exact) mass is 368 g/mol. The lowest BCUT2D eigenvalue weighted by atomic mass is 10.3. The molecule has 1 aromatic carbocycles. The van der Waals surface area contributed by atoms with E-state index in [2.05, 4.69) is 36.5 Å². The van der Waals surface area contributed by atoms with E-state index in [0.29, 0.717) is 11.0 Å². The summed E-state index contributed by atoms with van der Waals surface area (Å²) in [6.07, 6.45) is 0. The highest BCUT2D eigenvalue weighted by Crippen LogP contribution is 2.31. The fraction of sp³-hybridized carbons (Fsp3) is 0.0769. The normalized spacial score (nSPS) is 10.8. The number of hydrogen-bond donors (Lipinski definition) is 2. The number of fused-ring (bicyclic) bond motifs is 1. The van der Waals surface area contributed by atoms with E-state index >= 15 is 0 Å². The fourth-order valence-corrected chi connectivity index (χ4v) is 2.96. The number of halogens is 2. The average molecular weight is 370 g/mol. The van der Waals surface area contributed by atoms with Crippen molar-refractivity contribution in [3.8, 4) is 0 Å². The third-order valence-corrected chi connectivity index (χ3v) is 4.77. The van der Waals surface area contributed by atoms with E-state index in [0.717, 1.165) is 26.2 Å². The average Bonchev–Trinajstić information content (AvgIpc) is 2.91. The van der Waals surface area contributed by atoms with Crippen LogP contribution in [0.3, 0.4) is 0 Å². The Kier molecular flexibility index (Phi) is 3.78. The third-order valence-electron chi connectivity index (χ3n) is 2.73. The van der Waals surface area contributed by atoms with Crippen LogP contribution in [-0.2, 0) is 0 Å². The van der Waals surface area contributed by atoms with Crippen LogP contribution in [0, 0.1) is 0 Å². The van der Waals surface area contributed by atoms with E-state index in [1.54, 1.807) is 18.4 Å². The number of anilines is 3. The van der Waals surface area contributed by atoms with Crippen molar-refractivity contribution in [3.05, 3.63) is 39.1 Å². The molecular formula is C13H10BrClN4S. The summed E-state index contributed by atoms with van der Waals surface area (Å²) in [6, 6.07) is 7.69. The van der Waals surface area contributed by atoms with E-state index in [-0.39, 0.29) is 0 Å². The Bertz CT molecular complexity index is 774. The molecule has 0 bridgehead atoms. The molecule has 0 aliphatic carbocycles. The molecular weight excluding hydrogens is 360 g/mol. The first kappa shape index (κ1) is 13.6. The van der Waals surface area contributed by atoms with E-state index in [1.165, 1.54) is 0 Å². The molecule has 0 fully saturated rings. The van der Waals surface area contributed by atoms with Crippen molar-refractivity contribution >= 4 is 66.5 Å². The van der Waals surface area contributed by atoms with Gasteiger partial charge in [0.2, 0.25) is 5.95 Å². The number of benzene rings is 1. The molecule has 0 aliphatic rings. The van der Waals surface area contributed by atoms with E-state index in [1.807, 2.05) is 29.6 Å². The van der Waals surface area contributed by atoms with Crippen molar-refractivity contribution in [2.45, 2.75) is 0 Å². The molecule has 102 valence electrons. The molecule has 3 aromatic rings. The number of nitrogens with zero attached hydrogens (tertiary/aromatic N) is 2. The molecule has 0 saturated heterocycles. The summed E-state index contributed by atoms with van der Waals surface area (Å²) in [5.74, 6) is 1.35. The van der Waals surface area contributed by atoms with Gasteiger partial charge in [0.25, 0.3) is 0 Å². The largest absolute Gasteiger partial charge is 0.357 e. The second-order valence-corrected chi connectivity index (χ2v) is 6.20. The maximum atomic E-state index is 6.11. The lowest BCUT2D eigenvalue weighted by molar-refractivity contribution is 1.20. The zero-order valence-electron chi connectivity index (χ0n) is 10.4. The molecule has 0 amide bonds. The third kappa shape index (κ3) is 2.59. The Morgan fingerprint density at radius 1 is 1.25 bits per heavy atom. The summed E-state index contributed by atoms with van der Waals surface area (Å²) >= 11 is 11.1. The number of hydrogen-bond acceptors (Lipinski definition) is 5. The van der Waals surface area contributed by atoms with Crippen LogP contribution < -0.4 is 10.6 Å². The predicted molar refractivity (Wildman–Crippen MR) is 89.4 cm³/mol. The van der Waals surface area contributed by atoms with Crippen LogP contribution in [0.1, 0.15) is 0 Å². The Balaban J connectivity index is 2.04. The highest BCUT2D eigenvalue weighted by atomic mass is 79.9. The van der Waals surface area contributed by atoms with E-state index < -0.39 is 0 Å². The van der Waals surface area contributed by atoms with Crippen LogP contribution >= 0.6 is 38.9 Å². The summed E-state index contributed by atoms with van der Waals surface area (Å²) < 4.78 is 0.865. The van der Waals surface area contributed by atoms with Crippen molar-refractivity contribution < 1.29 is 0 Å². The van der Waals surface area contributed by atoms with Gasteiger partial charge >= 0.3 is 0 Å². The molecule has 4 nitrogen and oxygen atoms in total. The number of aromatic nitrogens is 2. The molecule has 0 aliphatic heterocycles. The summed E-state index contributed by atoms with van der Waals surface area (Å²) in [5, 5.41) is 9.90. The van der Waals surface area contributed by atoms with E-state index in [4.69, 9.17) is 11.6 Å². The van der Waals surface area contributed by atoms with Gasteiger partial charge in [0.15, 0.2) is 0 Å². The van der Waals surface area contributed by atoms with Crippen molar-refractivity contribution in [1.29, 1.82) is 0 Å². The number of nitrogens with one attached hydrogen (secondary N) is 2. The van der Waals surface area contributed by atoms with E-state index in [9.17, 15) is 0 Å². The molecule has 7 heteroatoms. The quantitative estimate of drug-likeness (QED) is 0.690. The van der Waals surface area contributed by atoms with Gasteiger partial charge in [-0.05, 0) is 45.6 Å². The summed E-state index contributed by atoms with van der Waals surface area (Å²) in [7, 11) is 1.80. The van der Waals surface area contributed by atoms with Gasteiger partial charge in [-0.3, -0.25) is 0 Å². The van der Waals surface area contributed by atoms with Gasteiger partial charge in [-0.15, -0.1) is 11.3 Å². The number of thiophene rings is 1. The zero-order chi connectivity index (χ0) is 14.1. The number of rotatable bonds is 3. The molecule has 20 heavy (non-hydrogen) atoms. The summed E-state index contributed by atoms with van der Waals surface area (Å²) in [5.41, 5.74) is 0.881. The fourth-order valence-electron chi connectivity index (χ4n) is 1.77. The zero-order valence-corrected chi connectivity index (χ0v) is 13.6. The first-order chi connectivity index (χ1) is 9.67. The van der Waals surface area contributed by atoms with Crippen LogP contribution in [0.25, 0.3) is 10.2 Å². The summed E-state index contributed by atoms with van der Waals surface area (Å²) in [6.45, 7) is 0. The van der Waals surface area contributed by atoms with Crippen LogP contribution in [0.5, 0.6) is 0 Å². The first-order valence-electron chi connectivity index (χ1n) is 5.82. The van der Waals surface area contributed by atoms with Crippen LogP contribution in [-0.4, -0.2) is 17.0 Å². The molecule has 2 aromatic heterocycles. The molecule has 2 heterocycles. The Morgan fingerprint density at radius 3 is 2.85 bits per heavy atom. The highest BCUT2D eigenvalue weighted by molar-refractivity contribution is 9.10. The molecule has 3 rings (SSSR count). The molecule has 0 atom stereocenters. The Hall–Kier alpha value is -1.37. The standard InChI is InChI=1S/C13H10BrClN4S/c1-16-13-18-11(8-4-5-20-12(8)19-13)17-7-2-3-9(14)10(15)6-7/h2-6H,1H3,(H2,16,17,18,19). The van der Waals surface area contributed by atoms with Gasteiger partial charge in [-0.1, -0.05) is 11.6 Å². The molecule has 0 unspecified atom stereocenters. The molecule has 2 N–H and O–H groups in total. The van der Waals surface area contributed by atoms with Crippen molar-refractivity contribution in [2.75, 3.05) is 17.7 Å². The second kappa shape index (κ2) is 5.55. The Morgan fingerprint density at radius 2 is 2.10 bits per heavy atom. The summed E-state index contributed by atoms with van der Waals surface area (Å²) in [4.78, 5) is 9.81. The van der Waals surface area contributed by atoms with Gasteiger partial charge in [0.05, 0.1) is 10.4 Å².